The van der Waals surface area contributed by atoms with E-state index in [9.17, 15) is 8.78 Å². The van der Waals surface area contributed by atoms with Crippen molar-refractivity contribution in [3.05, 3.63) is 59.7 Å². The van der Waals surface area contributed by atoms with E-state index >= 15 is 0 Å². The van der Waals surface area contributed by atoms with Crippen molar-refractivity contribution in [2.45, 2.75) is 27.2 Å². The largest absolute Gasteiger partial charge is 0.383 e. The number of nitrogens with one attached hydrogen (secondary N) is 2. The van der Waals surface area contributed by atoms with Crippen LogP contribution in [-0.4, -0.2) is 31.0 Å². The maximum Gasteiger partial charge on any atom is 0.250 e. The second-order valence-electron chi connectivity index (χ2n) is 5.36. The lowest BCUT2D eigenvalue weighted by Crippen LogP contribution is -2.32. The molecule has 22 heavy (non-hydrogen) atoms. The van der Waals surface area contributed by atoms with Gasteiger partial charge >= 0.3 is 0 Å². The average Bonchev–Trinajstić information content (AvgIpc) is 2.42. The Morgan fingerprint density at radius 1 is 1.32 bits per heavy atom. The van der Waals surface area contributed by atoms with Gasteiger partial charge in [0.25, 0.3) is 6.43 Å². The molecule has 3 nitrogen and oxygen atoms in total. The van der Waals surface area contributed by atoms with E-state index in [2.05, 4.69) is 23.8 Å². The molecule has 1 aliphatic heterocycles. The van der Waals surface area contributed by atoms with E-state index in [1.54, 1.807) is 0 Å². The predicted molar refractivity (Wildman–Crippen MR) is 88.3 cm³/mol. The molecule has 122 valence electrons. The van der Waals surface area contributed by atoms with Crippen molar-refractivity contribution in [3.8, 4) is 0 Å². The lowest BCUT2D eigenvalue weighted by atomic mass is 10.1. The van der Waals surface area contributed by atoms with Crippen LogP contribution in [-0.2, 0) is 0 Å². The first-order valence-corrected chi connectivity index (χ1v) is 7.27. The summed E-state index contributed by atoms with van der Waals surface area (Å²) in [5.41, 5.74) is 4.78. The maximum atomic E-state index is 12.0. The standard InChI is InChI=1S/C17H25F2N3/c1-12(2)17(22-10-6-7-13(3)15(22)5)14(4)21-9-8-20-11-16(18)19/h6-7,10,16,20-21H,4-5,8-9,11H2,1-3H3. The van der Waals surface area contributed by atoms with Crippen LogP contribution in [0, 0.1) is 0 Å². The second-order valence-corrected chi connectivity index (χ2v) is 5.36. The van der Waals surface area contributed by atoms with Gasteiger partial charge < -0.3 is 15.5 Å². The van der Waals surface area contributed by atoms with E-state index < -0.39 is 6.43 Å². The van der Waals surface area contributed by atoms with Crippen LogP contribution >= 0.6 is 0 Å². The highest BCUT2D eigenvalue weighted by Crippen LogP contribution is 2.27. The summed E-state index contributed by atoms with van der Waals surface area (Å²) in [6.45, 7) is 14.9. The molecule has 0 spiro atoms. The lowest BCUT2D eigenvalue weighted by molar-refractivity contribution is 0.146. The summed E-state index contributed by atoms with van der Waals surface area (Å²) in [7, 11) is 0. The second kappa shape index (κ2) is 8.54. The fourth-order valence-corrected chi connectivity index (χ4v) is 2.14. The van der Waals surface area contributed by atoms with Gasteiger partial charge in [0, 0.05) is 25.0 Å². The quantitative estimate of drug-likeness (QED) is 0.530. The zero-order chi connectivity index (χ0) is 16.7. The molecule has 1 aliphatic rings. The molecular weight excluding hydrogens is 284 g/mol. The predicted octanol–water partition coefficient (Wildman–Crippen LogP) is 3.53. The van der Waals surface area contributed by atoms with Crippen LogP contribution in [0.15, 0.2) is 59.7 Å². The van der Waals surface area contributed by atoms with Crippen molar-refractivity contribution < 1.29 is 8.78 Å². The normalized spacial score (nSPS) is 14.2. The first-order valence-electron chi connectivity index (χ1n) is 7.27. The molecule has 0 atom stereocenters. The molecule has 1 rings (SSSR count). The number of hydrogen-bond acceptors (Lipinski definition) is 3. The van der Waals surface area contributed by atoms with Crippen LogP contribution < -0.4 is 10.6 Å². The van der Waals surface area contributed by atoms with Crippen molar-refractivity contribution in [1.82, 2.24) is 15.5 Å². The highest BCUT2D eigenvalue weighted by atomic mass is 19.3. The Morgan fingerprint density at radius 2 is 2.00 bits per heavy atom. The zero-order valence-corrected chi connectivity index (χ0v) is 13.5. The molecule has 0 fully saturated rings. The number of allylic oxidation sites excluding steroid dienone is 4. The molecule has 1 heterocycles. The first kappa shape index (κ1) is 18.2. The molecule has 0 aromatic rings. The van der Waals surface area contributed by atoms with Gasteiger partial charge in [0.1, 0.15) is 0 Å². The number of hydrogen-bond donors (Lipinski definition) is 2. The highest BCUT2D eigenvalue weighted by molar-refractivity contribution is 5.43. The fourth-order valence-electron chi connectivity index (χ4n) is 2.14. The number of nitrogens with zero attached hydrogens (tertiary/aromatic N) is 1. The van der Waals surface area contributed by atoms with Crippen LogP contribution in [0.4, 0.5) is 8.78 Å². The Kier molecular flexibility index (Phi) is 7.05. The molecule has 0 radical (unpaired) electrons. The van der Waals surface area contributed by atoms with Crippen LogP contribution in [0.5, 0.6) is 0 Å². The molecule has 0 aliphatic carbocycles. The fraction of sp³-hybridized carbons (Fsp3) is 0.412. The number of alkyl halides is 2. The summed E-state index contributed by atoms with van der Waals surface area (Å²) in [5, 5.41) is 5.85. The van der Waals surface area contributed by atoms with E-state index in [0.717, 1.165) is 28.2 Å². The minimum Gasteiger partial charge on any atom is -0.383 e. The molecule has 0 aromatic heterocycles. The van der Waals surface area contributed by atoms with E-state index in [-0.39, 0.29) is 6.54 Å². The molecule has 0 saturated carbocycles. The molecule has 5 heteroatoms. The van der Waals surface area contributed by atoms with E-state index in [1.807, 2.05) is 44.0 Å². The van der Waals surface area contributed by atoms with Crippen LogP contribution in [0.3, 0.4) is 0 Å². The maximum absolute atomic E-state index is 12.0. The van der Waals surface area contributed by atoms with E-state index in [4.69, 9.17) is 0 Å². The molecule has 2 N–H and O–H groups in total. The van der Waals surface area contributed by atoms with Crippen LogP contribution in [0.25, 0.3) is 0 Å². The van der Waals surface area contributed by atoms with E-state index in [0.29, 0.717) is 13.1 Å². The summed E-state index contributed by atoms with van der Waals surface area (Å²) in [6.07, 6.45) is 3.59. The van der Waals surface area contributed by atoms with Gasteiger partial charge in [-0.1, -0.05) is 24.8 Å². The first-order chi connectivity index (χ1) is 10.3. The molecule has 0 saturated heterocycles. The number of halogens is 2. The van der Waals surface area contributed by atoms with E-state index in [1.165, 1.54) is 0 Å². The monoisotopic (exact) mass is 309 g/mol. The van der Waals surface area contributed by atoms with Gasteiger partial charge in [-0.3, -0.25) is 0 Å². The molecule has 0 unspecified atom stereocenters. The smallest absolute Gasteiger partial charge is 0.250 e. The van der Waals surface area contributed by atoms with Gasteiger partial charge in [-0.05, 0) is 32.4 Å². The van der Waals surface area contributed by atoms with Gasteiger partial charge in [-0.15, -0.1) is 0 Å². The molecular formula is C17H25F2N3. The summed E-state index contributed by atoms with van der Waals surface area (Å²) >= 11 is 0. The minimum absolute atomic E-state index is 0.292. The lowest BCUT2D eigenvalue weighted by Gasteiger charge is -2.31. The molecule has 0 bridgehead atoms. The zero-order valence-electron chi connectivity index (χ0n) is 13.5. The van der Waals surface area contributed by atoms with Crippen LogP contribution in [0.1, 0.15) is 20.8 Å². The Balaban J connectivity index is 2.64. The number of rotatable bonds is 8. The SMILES string of the molecule is C=C(NCCNCC(F)F)C(=C(C)C)N1C=CC=C(C)C1=C. The third-order valence-corrected chi connectivity index (χ3v) is 3.27. The van der Waals surface area contributed by atoms with Crippen molar-refractivity contribution in [2.24, 2.45) is 0 Å². The Morgan fingerprint density at radius 3 is 2.59 bits per heavy atom. The molecule has 0 aromatic carbocycles. The Labute approximate surface area is 131 Å². The van der Waals surface area contributed by atoms with Crippen molar-refractivity contribution in [2.75, 3.05) is 19.6 Å². The summed E-state index contributed by atoms with van der Waals surface area (Å²) in [4.78, 5) is 1.99. The minimum atomic E-state index is -2.33. The highest BCUT2D eigenvalue weighted by Gasteiger charge is 2.17. The van der Waals surface area contributed by atoms with Gasteiger partial charge in [-0.2, -0.15) is 0 Å². The van der Waals surface area contributed by atoms with Crippen LogP contribution in [0.2, 0.25) is 0 Å². The Hall–Kier alpha value is -1.88. The van der Waals surface area contributed by atoms with Gasteiger partial charge in [0.2, 0.25) is 0 Å². The topological polar surface area (TPSA) is 27.3 Å². The Bertz CT molecular complexity index is 512. The van der Waals surface area contributed by atoms with Gasteiger partial charge in [0.05, 0.1) is 17.9 Å². The molecule has 0 amide bonds. The van der Waals surface area contributed by atoms with Gasteiger partial charge in [-0.25, -0.2) is 8.78 Å². The third kappa shape index (κ3) is 5.15. The summed E-state index contributed by atoms with van der Waals surface area (Å²) in [5.74, 6) is 0. The average molecular weight is 309 g/mol. The third-order valence-electron chi connectivity index (χ3n) is 3.27. The van der Waals surface area contributed by atoms with Gasteiger partial charge in [0.15, 0.2) is 0 Å². The summed E-state index contributed by atoms with van der Waals surface area (Å²) in [6, 6.07) is 0. The van der Waals surface area contributed by atoms with Crippen molar-refractivity contribution in [3.63, 3.8) is 0 Å². The van der Waals surface area contributed by atoms with Crippen molar-refractivity contribution in [1.29, 1.82) is 0 Å². The summed E-state index contributed by atoms with van der Waals surface area (Å²) < 4.78 is 24.1. The van der Waals surface area contributed by atoms with Crippen molar-refractivity contribution >= 4 is 0 Å².